The molecule has 0 unspecified atom stereocenters. The number of benzene rings is 2. The number of nitro groups is 1. The quantitative estimate of drug-likeness (QED) is 0.302. The summed E-state index contributed by atoms with van der Waals surface area (Å²) in [7, 11) is 1.89. The van der Waals surface area contributed by atoms with Gasteiger partial charge in [-0.05, 0) is 36.9 Å². The van der Waals surface area contributed by atoms with Gasteiger partial charge in [-0.25, -0.2) is 4.98 Å². The van der Waals surface area contributed by atoms with E-state index < -0.39 is 4.92 Å². The molecular formula is C18H13N5O3S. The summed E-state index contributed by atoms with van der Waals surface area (Å²) in [5.74, 6) is -0.232. The molecule has 0 spiro atoms. The molecule has 0 saturated heterocycles. The molecule has 9 heteroatoms. The van der Waals surface area contributed by atoms with E-state index in [1.165, 1.54) is 19.1 Å². The second-order valence-electron chi connectivity index (χ2n) is 5.94. The van der Waals surface area contributed by atoms with Gasteiger partial charge < -0.3 is 4.57 Å². The van der Waals surface area contributed by atoms with Crippen molar-refractivity contribution in [3.05, 3.63) is 58.1 Å². The van der Waals surface area contributed by atoms with E-state index in [2.05, 4.69) is 15.2 Å². The fourth-order valence-corrected chi connectivity index (χ4v) is 3.68. The maximum atomic E-state index is 11.5. The molecule has 27 heavy (non-hydrogen) atoms. The first kappa shape index (κ1) is 17.1. The number of ketones is 1. The average Bonchev–Trinajstić information content (AvgIpc) is 2.94. The van der Waals surface area contributed by atoms with Gasteiger partial charge in [-0.3, -0.25) is 14.9 Å². The van der Waals surface area contributed by atoms with E-state index in [9.17, 15) is 14.9 Å². The van der Waals surface area contributed by atoms with Crippen LogP contribution in [0.4, 0.5) is 5.69 Å². The van der Waals surface area contributed by atoms with E-state index in [0.29, 0.717) is 21.2 Å². The molecule has 4 aromatic rings. The Bertz CT molecular complexity index is 1230. The van der Waals surface area contributed by atoms with Gasteiger partial charge in [0, 0.05) is 24.1 Å². The van der Waals surface area contributed by atoms with Gasteiger partial charge in [0.15, 0.2) is 11.4 Å². The summed E-state index contributed by atoms with van der Waals surface area (Å²) in [5, 5.41) is 21.0. The zero-order valence-electron chi connectivity index (χ0n) is 14.4. The molecule has 2 heterocycles. The highest BCUT2D eigenvalue weighted by molar-refractivity contribution is 7.99. The fraction of sp³-hybridized carbons (Fsp3) is 0.111. The smallest absolute Gasteiger partial charge is 0.284 e. The largest absolute Gasteiger partial charge is 0.327 e. The van der Waals surface area contributed by atoms with Gasteiger partial charge in [-0.1, -0.05) is 18.2 Å². The predicted molar refractivity (Wildman–Crippen MR) is 101 cm³/mol. The Hall–Kier alpha value is -3.33. The van der Waals surface area contributed by atoms with Crippen LogP contribution in [-0.4, -0.2) is 30.5 Å². The Morgan fingerprint density at radius 1 is 1.19 bits per heavy atom. The van der Waals surface area contributed by atoms with Gasteiger partial charge >= 0.3 is 0 Å². The predicted octanol–water partition coefficient (Wildman–Crippen LogP) is 3.78. The fourth-order valence-electron chi connectivity index (χ4n) is 2.90. The lowest BCUT2D eigenvalue weighted by Crippen LogP contribution is -1.99. The number of carbonyl (C=O) groups excluding carboxylic acids is 1. The van der Waals surface area contributed by atoms with Gasteiger partial charge in [-0.15, -0.1) is 10.2 Å². The monoisotopic (exact) mass is 379 g/mol. The summed E-state index contributed by atoms with van der Waals surface area (Å²) in [4.78, 5) is 27.2. The second kappa shape index (κ2) is 6.44. The Morgan fingerprint density at radius 2 is 1.96 bits per heavy atom. The lowest BCUT2D eigenvalue weighted by Gasteiger charge is -2.04. The number of aromatic nitrogens is 4. The molecular weight excluding hydrogens is 366 g/mol. The first-order valence-corrected chi connectivity index (χ1v) is 8.82. The summed E-state index contributed by atoms with van der Waals surface area (Å²) >= 11 is 1.05. The third-order valence-corrected chi connectivity index (χ3v) is 5.17. The lowest BCUT2D eigenvalue weighted by atomic mass is 10.1. The van der Waals surface area contributed by atoms with Crippen LogP contribution in [-0.2, 0) is 7.05 Å². The van der Waals surface area contributed by atoms with Crippen molar-refractivity contribution >= 4 is 45.3 Å². The van der Waals surface area contributed by atoms with E-state index >= 15 is 0 Å². The molecule has 0 saturated carbocycles. The molecule has 0 atom stereocenters. The van der Waals surface area contributed by atoms with E-state index in [-0.39, 0.29) is 17.0 Å². The van der Waals surface area contributed by atoms with Crippen molar-refractivity contribution in [3.8, 4) is 0 Å². The number of hydrogen-bond acceptors (Lipinski definition) is 7. The summed E-state index contributed by atoms with van der Waals surface area (Å²) in [6.07, 6.45) is 0. The molecule has 0 aliphatic rings. The number of aryl methyl sites for hydroxylation is 1. The number of Topliss-reactive ketones (excluding diaryl/α,β-unsaturated/α-hetero) is 1. The normalized spacial score (nSPS) is 11.2. The average molecular weight is 379 g/mol. The van der Waals surface area contributed by atoms with Crippen molar-refractivity contribution in [2.45, 2.75) is 17.0 Å². The highest BCUT2D eigenvalue weighted by atomic mass is 32.2. The molecule has 0 amide bonds. The van der Waals surface area contributed by atoms with Crippen molar-refractivity contribution in [2.75, 3.05) is 0 Å². The molecule has 4 rings (SSSR count). The standard InChI is InChI=1S/C18H13N5O3S/c1-10(24)11-7-8-15(14(9-11)23(25)26)27-18-19-17-16(20-21-18)12-5-3-4-6-13(12)22(17)2/h3-9H,1-2H3. The number of carbonyl (C=O) groups is 1. The van der Waals surface area contributed by atoms with Crippen LogP contribution >= 0.6 is 11.8 Å². The summed E-state index contributed by atoms with van der Waals surface area (Å²) < 4.78 is 1.91. The van der Waals surface area contributed by atoms with Crippen LogP contribution in [0.5, 0.6) is 0 Å². The number of para-hydroxylation sites is 1. The third kappa shape index (κ3) is 2.91. The van der Waals surface area contributed by atoms with E-state index in [1.807, 2.05) is 35.9 Å². The lowest BCUT2D eigenvalue weighted by molar-refractivity contribution is -0.387. The van der Waals surface area contributed by atoms with Crippen molar-refractivity contribution in [3.63, 3.8) is 0 Å². The number of rotatable bonds is 4. The first-order chi connectivity index (χ1) is 13.0. The van der Waals surface area contributed by atoms with Crippen LogP contribution in [0.3, 0.4) is 0 Å². The van der Waals surface area contributed by atoms with Crippen LogP contribution in [0.1, 0.15) is 17.3 Å². The number of nitrogens with zero attached hydrogens (tertiary/aromatic N) is 5. The number of nitro benzene ring substituents is 1. The highest BCUT2D eigenvalue weighted by Crippen LogP contribution is 2.34. The molecule has 0 bridgehead atoms. The summed E-state index contributed by atoms with van der Waals surface area (Å²) in [6.45, 7) is 1.37. The molecule has 0 N–H and O–H groups in total. The zero-order chi connectivity index (χ0) is 19.1. The molecule has 0 radical (unpaired) electrons. The van der Waals surface area contributed by atoms with E-state index in [1.54, 1.807) is 6.07 Å². The topological polar surface area (TPSA) is 104 Å². The number of fused-ring (bicyclic) bond motifs is 3. The summed E-state index contributed by atoms with van der Waals surface area (Å²) in [5.41, 5.74) is 2.44. The van der Waals surface area contributed by atoms with Crippen LogP contribution in [0.2, 0.25) is 0 Å². The van der Waals surface area contributed by atoms with Crippen molar-refractivity contribution in [2.24, 2.45) is 7.05 Å². The molecule has 2 aromatic heterocycles. The van der Waals surface area contributed by atoms with Crippen LogP contribution in [0.25, 0.3) is 22.1 Å². The molecule has 0 aliphatic heterocycles. The molecule has 8 nitrogen and oxygen atoms in total. The minimum absolute atomic E-state index is 0.159. The van der Waals surface area contributed by atoms with Crippen molar-refractivity contribution in [1.29, 1.82) is 0 Å². The SMILES string of the molecule is CC(=O)c1ccc(Sc2nnc3c4ccccc4n(C)c3n2)c([N+](=O)[O-])c1. The van der Waals surface area contributed by atoms with Gasteiger partial charge in [-0.2, -0.15) is 0 Å². The van der Waals surface area contributed by atoms with Crippen LogP contribution in [0, 0.1) is 10.1 Å². The Balaban J connectivity index is 1.80. The first-order valence-electron chi connectivity index (χ1n) is 8.01. The minimum Gasteiger partial charge on any atom is -0.327 e. The summed E-state index contributed by atoms with van der Waals surface area (Å²) in [6, 6.07) is 12.1. The van der Waals surface area contributed by atoms with Gasteiger partial charge in [0.25, 0.3) is 5.69 Å². The third-order valence-electron chi connectivity index (χ3n) is 4.25. The van der Waals surface area contributed by atoms with Crippen LogP contribution < -0.4 is 0 Å². The van der Waals surface area contributed by atoms with Gasteiger partial charge in [0.2, 0.25) is 5.16 Å². The van der Waals surface area contributed by atoms with Gasteiger partial charge in [0.05, 0.1) is 15.3 Å². The molecule has 2 aromatic carbocycles. The van der Waals surface area contributed by atoms with Crippen molar-refractivity contribution in [1.82, 2.24) is 19.7 Å². The van der Waals surface area contributed by atoms with Crippen LogP contribution in [0.15, 0.2) is 52.5 Å². The minimum atomic E-state index is -0.516. The zero-order valence-corrected chi connectivity index (χ0v) is 15.2. The molecule has 134 valence electrons. The highest BCUT2D eigenvalue weighted by Gasteiger charge is 2.19. The Kier molecular flexibility index (Phi) is 4.08. The van der Waals surface area contributed by atoms with Gasteiger partial charge in [0.1, 0.15) is 5.52 Å². The van der Waals surface area contributed by atoms with E-state index in [0.717, 1.165) is 22.7 Å². The maximum Gasteiger partial charge on any atom is 0.284 e. The second-order valence-corrected chi connectivity index (χ2v) is 6.95. The Morgan fingerprint density at radius 3 is 2.70 bits per heavy atom. The maximum absolute atomic E-state index is 11.5. The van der Waals surface area contributed by atoms with E-state index in [4.69, 9.17) is 0 Å². The molecule has 0 fully saturated rings. The van der Waals surface area contributed by atoms with Crippen molar-refractivity contribution < 1.29 is 9.72 Å². The molecule has 0 aliphatic carbocycles. The number of hydrogen-bond donors (Lipinski definition) is 0. The Labute approximate surface area is 157 Å².